The highest BCUT2D eigenvalue weighted by atomic mass is 79.9. The number of aromatic nitrogens is 1. The summed E-state index contributed by atoms with van der Waals surface area (Å²) in [5, 5.41) is 0.885. The van der Waals surface area contributed by atoms with Gasteiger partial charge in [-0.1, -0.05) is 46.3 Å². The third-order valence-corrected chi connectivity index (χ3v) is 3.64. The van der Waals surface area contributed by atoms with Gasteiger partial charge in [-0.2, -0.15) is 0 Å². The van der Waals surface area contributed by atoms with Crippen molar-refractivity contribution in [2.45, 2.75) is 12.8 Å². The van der Waals surface area contributed by atoms with Crippen molar-refractivity contribution in [2.24, 2.45) is 0 Å². The SMILES string of the molecule is Cc1ncccc1OCC(CBr)c1ccccc1. The monoisotopic (exact) mass is 305 g/mol. The first kappa shape index (κ1) is 13.1. The maximum Gasteiger partial charge on any atom is 0.140 e. The molecule has 0 aliphatic rings. The summed E-state index contributed by atoms with van der Waals surface area (Å²) in [6.07, 6.45) is 1.78. The smallest absolute Gasteiger partial charge is 0.140 e. The van der Waals surface area contributed by atoms with E-state index in [2.05, 4.69) is 45.2 Å². The van der Waals surface area contributed by atoms with E-state index in [1.54, 1.807) is 6.20 Å². The van der Waals surface area contributed by atoms with Crippen molar-refractivity contribution in [3.8, 4) is 5.75 Å². The van der Waals surface area contributed by atoms with Gasteiger partial charge in [0.25, 0.3) is 0 Å². The Bertz CT molecular complexity index is 487. The normalized spacial score (nSPS) is 12.1. The van der Waals surface area contributed by atoms with E-state index >= 15 is 0 Å². The Hall–Kier alpha value is -1.35. The fourth-order valence-corrected chi connectivity index (χ4v) is 2.33. The number of hydrogen-bond donors (Lipinski definition) is 0. The summed E-state index contributed by atoms with van der Waals surface area (Å²) in [4.78, 5) is 4.22. The Morgan fingerprint density at radius 2 is 1.94 bits per heavy atom. The van der Waals surface area contributed by atoms with E-state index in [-0.39, 0.29) is 0 Å². The quantitative estimate of drug-likeness (QED) is 0.780. The standard InChI is InChI=1S/C15H16BrNO/c1-12-15(8-5-9-17-12)18-11-14(10-16)13-6-3-2-4-7-13/h2-9,14H,10-11H2,1H3. The second-order valence-corrected chi connectivity index (χ2v) is 4.81. The van der Waals surface area contributed by atoms with Crippen molar-refractivity contribution in [1.29, 1.82) is 0 Å². The summed E-state index contributed by atoms with van der Waals surface area (Å²) in [5.41, 5.74) is 2.22. The minimum absolute atomic E-state index is 0.353. The van der Waals surface area contributed by atoms with E-state index in [1.807, 2.05) is 25.1 Å². The topological polar surface area (TPSA) is 22.1 Å². The van der Waals surface area contributed by atoms with Crippen LogP contribution in [-0.4, -0.2) is 16.9 Å². The molecule has 0 aliphatic carbocycles. The van der Waals surface area contributed by atoms with Crippen LogP contribution in [0.2, 0.25) is 0 Å². The van der Waals surface area contributed by atoms with Crippen molar-refractivity contribution in [3.05, 3.63) is 59.9 Å². The van der Waals surface area contributed by atoms with Gasteiger partial charge in [-0.3, -0.25) is 4.98 Å². The number of alkyl halides is 1. The molecule has 18 heavy (non-hydrogen) atoms. The zero-order valence-corrected chi connectivity index (χ0v) is 11.9. The molecule has 0 saturated heterocycles. The van der Waals surface area contributed by atoms with Gasteiger partial charge >= 0.3 is 0 Å². The molecule has 2 aromatic rings. The molecular weight excluding hydrogens is 290 g/mol. The van der Waals surface area contributed by atoms with Gasteiger partial charge in [-0.05, 0) is 24.6 Å². The number of aryl methyl sites for hydroxylation is 1. The van der Waals surface area contributed by atoms with E-state index in [1.165, 1.54) is 5.56 Å². The van der Waals surface area contributed by atoms with Crippen molar-refractivity contribution >= 4 is 15.9 Å². The van der Waals surface area contributed by atoms with Gasteiger partial charge in [-0.25, -0.2) is 0 Å². The highest BCUT2D eigenvalue weighted by Crippen LogP contribution is 2.21. The zero-order chi connectivity index (χ0) is 12.8. The van der Waals surface area contributed by atoms with Gasteiger partial charge in [0.2, 0.25) is 0 Å². The van der Waals surface area contributed by atoms with Crippen LogP contribution in [0.1, 0.15) is 17.2 Å². The molecule has 94 valence electrons. The van der Waals surface area contributed by atoms with Crippen molar-refractivity contribution < 1.29 is 4.74 Å². The molecule has 2 rings (SSSR count). The first-order valence-corrected chi connectivity index (χ1v) is 7.08. The van der Waals surface area contributed by atoms with Crippen LogP contribution in [0, 0.1) is 6.92 Å². The fraction of sp³-hybridized carbons (Fsp3) is 0.267. The summed E-state index contributed by atoms with van der Waals surface area (Å²) in [7, 11) is 0. The Balaban J connectivity index is 2.02. The average Bonchev–Trinajstić information content (AvgIpc) is 2.42. The maximum absolute atomic E-state index is 5.85. The molecule has 0 amide bonds. The number of benzene rings is 1. The van der Waals surface area contributed by atoms with E-state index in [0.717, 1.165) is 16.8 Å². The number of hydrogen-bond acceptors (Lipinski definition) is 2. The minimum atomic E-state index is 0.353. The zero-order valence-electron chi connectivity index (χ0n) is 10.3. The second kappa shape index (κ2) is 6.55. The van der Waals surface area contributed by atoms with E-state index in [0.29, 0.717) is 12.5 Å². The summed E-state index contributed by atoms with van der Waals surface area (Å²) in [5.74, 6) is 1.21. The Morgan fingerprint density at radius 3 is 2.61 bits per heavy atom. The molecule has 0 N–H and O–H groups in total. The number of rotatable bonds is 5. The van der Waals surface area contributed by atoms with Crippen LogP contribution in [0.15, 0.2) is 48.7 Å². The van der Waals surface area contributed by atoms with E-state index in [9.17, 15) is 0 Å². The van der Waals surface area contributed by atoms with Gasteiger partial charge in [0, 0.05) is 17.4 Å². The highest BCUT2D eigenvalue weighted by molar-refractivity contribution is 9.09. The first-order valence-electron chi connectivity index (χ1n) is 5.96. The number of pyridine rings is 1. The van der Waals surface area contributed by atoms with Crippen LogP contribution >= 0.6 is 15.9 Å². The lowest BCUT2D eigenvalue weighted by molar-refractivity contribution is 0.295. The van der Waals surface area contributed by atoms with Gasteiger partial charge < -0.3 is 4.74 Å². The third kappa shape index (κ3) is 3.33. The second-order valence-electron chi connectivity index (χ2n) is 4.16. The van der Waals surface area contributed by atoms with E-state index in [4.69, 9.17) is 4.74 Å². The molecule has 1 aromatic heterocycles. The molecule has 0 fully saturated rings. The summed E-state index contributed by atoms with van der Waals surface area (Å²) in [6.45, 7) is 2.61. The number of nitrogens with zero attached hydrogens (tertiary/aromatic N) is 1. The lowest BCUT2D eigenvalue weighted by Gasteiger charge is -2.16. The molecule has 1 unspecified atom stereocenters. The highest BCUT2D eigenvalue weighted by Gasteiger charge is 2.11. The lowest BCUT2D eigenvalue weighted by atomic mass is 10.0. The van der Waals surface area contributed by atoms with Crippen LogP contribution in [0.25, 0.3) is 0 Å². The Labute approximate surface area is 116 Å². The van der Waals surface area contributed by atoms with Gasteiger partial charge in [0.1, 0.15) is 5.75 Å². The predicted octanol–water partition coefficient (Wildman–Crippen LogP) is 3.95. The van der Waals surface area contributed by atoms with E-state index < -0.39 is 0 Å². The molecule has 0 radical (unpaired) electrons. The minimum Gasteiger partial charge on any atom is -0.491 e. The molecule has 0 bridgehead atoms. The van der Waals surface area contributed by atoms with Crippen LogP contribution < -0.4 is 4.74 Å². The number of ether oxygens (including phenoxy) is 1. The van der Waals surface area contributed by atoms with Gasteiger partial charge in [0.15, 0.2) is 0 Å². The number of halogens is 1. The largest absolute Gasteiger partial charge is 0.491 e. The molecule has 0 saturated carbocycles. The summed E-state index contributed by atoms with van der Waals surface area (Å²) in [6, 6.07) is 14.3. The Kier molecular flexibility index (Phi) is 4.76. The van der Waals surface area contributed by atoms with Crippen molar-refractivity contribution in [3.63, 3.8) is 0 Å². The molecule has 1 aromatic carbocycles. The molecule has 1 atom stereocenters. The van der Waals surface area contributed by atoms with Gasteiger partial charge in [0.05, 0.1) is 12.3 Å². The van der Waals surface area contributed by atoms with Crippen molar-refractivity contribution in [2.75, 3.05) is 11.9 Å². The van der Waals surface area contributed by atoms with Crippen LogP contribution in [0.3, 0.4) is 0 Å². The predicted molar refractivity (Wildman–Crippen MR) is 77.4 cm³/mol. The summed E-state index contributed by atoms with van der Waals surface area (Å²) < 4.78 is 5.85. The summed E-state index contributed by atoms with van der Waals surface area (Å²) >= 11 is 3.55. The lowest BCUT2D eigenvalue weighted by Crippen LogP contribution is -2.12. The van der Waals surface area contributed by atoms with Crippen molar-refractivity contribution in [1.82, 2.24) is 4.98 Å². The van der Waals surface area contributed by atoms with Gasteiger partial charge in [-0.15, -0.1) is 0 Å². The Morgan fingerprint density at radius 1 is 1.17 bits per heavy atom. The first-order chi connectivity index (χ1) is 8.81. The molecule has 0 aliphatic heterocycles. The average molecular weight is 306 g/mol. The molecular formula is C15H16BrNO. The molecule has 2 nitrogen and oxygen atoms in total. The molecule has 1 heterocycles. The van der Waals surface area contributed by atoms with Crippen LogP contribution in [0.4, 0.5) is 0 Å². The third-order valence-electron chi connectivity index (χ3n) is 2.86. The molecule has 0 spiro atoms. The molecule has 3 heteroatoms. The van der Waals surface area contributed by atoms with Crippen LogP contribution in [-0.2, 0) is 0 Å². The van der Waals surface area contributed by atoms with Crippen LogP contribution in [0.5, 0.6) is 5.75 Å². The fourth-order valence-electron chi connectivity index (χ4n) is 1.77. The maximum atomic E-state index is 5.85.